The van der Waals surface area contributed by atoms with Gasteiger partial charge in [0.15, 0.2) is 0 Å². The lowest BCUT2D eigenvalue weighted by molar-refractivity contribution is -0.196. The van der Waals surface area contributed by atoms with E-state index in [1.807, 2.05) is 0 Å². The third-order valence-corrected chi connectivity index (χ3v) is 3.62. The topological polar surface area (TPSA) is 196 Å². The molecule has 0 aromatic heterocycles. The summed E-state index contributed by atoms with van der Waals surface area (Å²) in [5.74, 6) is -3.43. The molecule has 134 valence electrons. The van der Waals surface area contributed by atoms with Crippen LogP contribution in [0.15, 0.2) is 18.2 Å². The van der Waals surface area contributed by atoms with Gasteiger partial charge in [0, 0.05) is 5.56 Å². The first kappa shape index (κ1) is 20.0. The summed E-state index contributed by atoms with van der Waals surface area (Å²) in [4.78, 5) is 22.7. The van der Waals surface area contributed by atoms with Crippen LogP contribution in [0, 0.1) is 0 Å². The molecule has 24 heavy (non-hydrogen) atoms. The molecular weight excluding hydrogens is 328 g/mol. The molecule has 1 aromatic carbocycles. The Hall–Kier alpha value is -2.08. The molecule has 0 saturated carbocycles. The minimum Gasteiger partial charge on any atom is -0.478 e. The molecule has 0 saturated heterocycles. The van der Waals surface area contributed by atoms with Gasteiger partial charge in [-0.1, -0.05) is 12.1 Å². The van der Waals surface area contributed by atoms with E-state index in [9.17, 15) is 35.1 Å². The van der Waals surface area contributed by atoms with Gasteiger partial charge in [0.25, 0.3) is 0 Å². The second kappa shape index (κ2) is 7.66. The summed E-state index contributed by atoms with van der Waals surface area (Å²) in [5.41, 5.74) is -5.38. The predicted octanol–water partition coefficient (Wildman–Crippen LogP) is -2.66. The molecule has 10 heteroatoms. The molecule has 1 aromatic rings. The van der Waals surface area contributed by atoms with Gasteiger partial charge in [0.05, 0.1) is 24.3 Å². The van der Waals surface area contributed by atoms with E-state index >= 15 is 0 Å². The van der Waals surface area contributed by atoms with Gasteiger partial charge in [0.1, 0.15) is 23.9 Å². The zero-order valence-electron chi connectivity index (χ0n) is 12.3. The quantitative estimate of drug-likeness (QED) is 0.246. The van der Waals surface area contributed by atoms with Crippen LogP contribution in [-0.4, -0.2) is 84.3 Å². The van der Waals surface area contributed by atoms with Crippen LogP contribution in [0.5, 0.6) is 0 Å². The molecule has 4 atom stereocenters. The summed E-state index contributed by atoms with van der Waals surface area (Å²) in [6.07, 6.45) is -6.52. The van der Waals surface area contributed by atoms with Crippen molar-refractivity contribution in [1.29, 1.82) is 0 Å². The van der Waals surface area contributed by atoms with E-state index in [0.717, 1.165) is 18.2 Å². The summed E-state index contributed by atoms with van der Waals surface area (Å²) in [6, 6.07) is 2.90. The van der Waals surface area contributed by atoms with E-state index in [-0.39, 0.29) is 0 Å². The highest BCUT2D eigenvalue weighted by Crippen LogP contribution is 2.35. The van der Waals surface area contributed by atoms with Gasteiger partial charge in [-0.15, -0.1) is 0 Å². The van der Waals surface area contributed by atoms with E-state index in [4.69, 9.17) is 15.3 Å². The van der Waals surface area contributed by atoms with E-state index in [0.29, 0.717) is 0 Å². The van der Waals surface area contributed by atoms with Gasteiger partial charge in [0.2, 0.25) is 0 Å². The molecular formula is C14H18O10. The standard InChI is InChI=1S/C14H18O10/c15-4-8(17)11(19)14(24,9(18)5-16)7-3-1-2-6(12(20)21)10(7)13(22)23/h1-3,8-9,11,15-19,24H,4-5H2,(H,20,21)(H,22,23)/t8-,9+,11+,14+/m0/s1. The molecule has 0 radical (unpaired) electrons. The van der Waals surface area contributed by atoms with Crippen LogP contribution in [0.25, 0.3) is 0 Å². The van der Waals surface area contributed by atoms with E-state index in [1.54, 1.807) is 0 Å². The average Bonchev–Trinajstić information content (AvgIpc) is 2.57. The zero-order valence-corrected chi connectivity index (χ0v) is 12.3. The second-order valence-corrected chi connectivity index (χ2v) is 5.06. The smallest absolute Gasteiger partial charge is 0.336 e. The Morgan fingerprint density at radius 3 is 2.00 bits per heavy atom. The minimum absolute atomic E-state index is 0.739. The van der Waals surface area contributed by atoms with Gasteiger partial charge < -0.3 is 40.9 Å². The lowest BCUT2D eigenvalue weighted by Crippen LogP contribution is -2.57. The van der Waals surface area contributed by atoms with Crippen LogP contribution in [0.4, 0.5) is 0 Å². The summed E-state index contributed by atoms with van der Waals surface area (Å²) in [6.45, 7) is -2.20. The van der Waals surface area contributed by atoms with Gasteiger partial charge in [-0.3, -0.25) is 0 Å². The van der Waals surface area contributed by atoms with Gasteiger partial charge >= 0.3 is 11.9 Å². The summed E-state index contributed by atoms with van der Waals surface area (Å²) >= 11 is 0. The molecule has 1 rings (SSSR count). The van der Waals surface area contributed by atoms with Crippen molar-refractivity contribution in [2.45, 2.75) is 23.9 Å². The minimum atomic E-state index is -2.96. The fraction of sp³-hybridized carbons (Fsp3) is 0.429. The van der Waals surface area contributed by atoms with Crippen molar-refractivity contribution in [2.75, 3.05) is 13.2 Å². The highest BCUT2D eigenvalue weighted by atomic mass is 16.4. The number of aliphatic hydroxyl groups excluding tert-OH is 5. The third kappa shape index (κ3) is 3.38. The first-order valence-electron chi connectivity index (χ1n) is 6.71. The monoisotopic (exact) mass is 346 g/mol. The normalized spacial score (nSPS) is 17.6. The van der Waals surface area contributed by atoms with Crippen molar-refractivity contribution in [3.63, 3.8) is 0 Å². The Bertz CT molecular complexity index is 616. The van der Waals surface area contributed by atoms with Gasteiger partial charge in [-0.25, -0.2) is 9.59 Å². The first-order valence-corrected chi connectivity index (χ1v) is 6.71. The number of hydrogen-bond acceptors (Lipinski definition) is 8. The molecule has 0 spiro atoms. The highest BCUT2D eigenvalue weighted by Gasteiger charge is 2.49. The maximum absolute atomic E-state index is 11.5. The number of hydrogen-bond donors (Lipinski definition) is 8. The summed E-state index contributed by atoms with van der Waals surface area (Å²) in [7, 11) is 0. The first-order chi connectivity index (χ1) is 11.1. The Labute approximate surface area is 135 Å². The lowest BCUT2D eigenvalue weighted by Gasteiger charge is -2.39. The number of carbonyl (C=O) groups is 2. The molecule has 0 aliphatic rings. The van der Waals surface area contributed by atoms with Crippen molar-refractivity contribution < 1.29 is 50.4 Å². The van der Waals surface area contributed by atoms with Crippen LogP contribution in [0.3, 0.4) is 0 Å². The number of carboxylic acid groups (broad SMARTS) is 2. The maximum atomic E-state index is 11.5. The predicted molar refractivity (Wildman–Crippen MR) is 76.4 cm³/mol. The molecule has 0 bridgehead atoms. The number of rotatable bonds is 8. The van der Waals surface area contributed by atoms with E-state index in [1.165, 1.54) is 0 Å². The third-order valence-electron chi connectivity index (χ3n) is 3.62. The fourth-order valence-corrected chi connectivity index (χ4v) is 2.36. The van der Waals surface area contributed by atoms with Crippen molar-refractivity contribution in [3.8, 4) is 0 Å². The molecule has 0 aliphatic carbocycles. The summed E-state index contributed by atoms with van der Waals surface area (Å²) in [5, 5.41) is 76.6. The van der Waals surface area contributed by atoms with Crippen molar-refractivity contribution in [2.24, 2.45) is 0 Å². The number of aliphatic hydroxyl groups is 6. The van der Waals surface area contributed by atoms with Gasteiger partial charge in [-0.05, 0) is 6.07 Å². The molecule has 8 N–H and O–H groups in total. The zero-order chi connectivity index (χ0) is 18.7. The average molecular weight is 346 g/mol. The Balaban J connectivity index is 3.75. The number of benzene rings is 1. The fourth-order valence-electron chi connectivity index (χ4n) is 2.36. The number of carboxylic acids is 2. The molecule has 0 amide bonds. The van der Waals surface area contributed by atoms with Crippen LogP contribution < -0.4 is 0 Å². The molecule has 0 aliphatic heterocycles. The van der Waals surface area contributed by atoms with Crippen LogP contribution in [-0.2, 0) is 5.60 Å². The number of aromatic carboxylic acids is 2. The van der Waals surface area contributed by atoms with Crippen LogP contribution in [0.2, 0.25) is 0 Å². The Morgan fingerprint density at radius 1 is 1.00 bits per heavy atom. The van der Waals surface area contributed by atoms with Crippen LogP contribution in [0.1, 0.15) is 26.3 Å². The van der Waals surface area contributed by atoms with E-state index < -0.39 is 65.8 Å². The molecule has 10 nitrogen and oxygen atoms in total. The van der Waals surface area contributed by atoms with Crippen molar-refractivity contribution in [3.05, 3.63) is 34.9 Å². The van der Waals surface area contributed by atoms with Crippen LogP contribution >= 0.6 is 0 Å². The lowest BCUT2D eigenvalue weighted by atomic mass is 9.77. The van der Waals surface area contributed by atoms with Crippen molar-refractivity contribution >= 4 is 11.9 Å². The molecule has 0 heterocycles. The SMILES string of the molecule is O=C(O)c1cccc([C@@](O)([C@H](O)CO)[C@H](O)[C@@H](O)CO)c1C(=O)O. The Morgan fingerprint density at radius 2 is 1.58 bits per heavy atom. The molecule has 0 fully saturated rings. The Kier molecular flexibility index (Phi) is 6.37. The van der Waals surface area contributed by atoms with Gasteiger partial charge in [-0.2, -0.15) is 0 Å². The molecule has 0 unspecified atom stereocenters. The van der Waals surface area contributed by atoms with E-state index in [2.05, 4.69) is 0 Å². The second-order valence-electron chi connectivity index (χ2n) is 5.06. The largest absolute Gasteiger partial charge is 0.478 e. The van der Waals surface area contributed by atoms with Crippen molar-refractivity contribution in [1.82, 2.24) is 0 Å². The maximum Gasteiger partial charge on any atom is 0.336 e. The summed E-state index contributed by atoms with van der Waals surface area (Å²) < 4.78 is 0. The highest BCUT2D eigenvalue weighted by molar-refractivity contribution is 6.03.